The molecule has 0 spiro atoms. The molecule has 0 aromatic rings. The first kappa shape index (κ1) is 16.7. The molecule has 0 radical (unpaired) electrons. The Kier molecular flexibility index (Phi) is 7.96. The molecule has 94 valence electrons. The van der Waals surface area contributed by atoms with Crippen LogP contribution in [0.3, 0.4) is 0 Å². The molecule has 0 aromatic heterocycles. The minimum absolute atomic E-state index is 0.250. The largest absolute Gasteiger partial charge is 0.481 e. The minimum Gasteiger partial charge on any atom is -0.481 e. The number of aliphatic hydroxyl groups excluding tert-OH is 1. The third-order valence-electron chi connectivity index (χ3n) is 1.29. The van der Waals surface area contributed by atoms with Gasteiger partial charge in [-0.2, -0.15) is 0 Å². The number of hydrogen-bond donors (Lipinski definition) is 5. The van der Waals surface area contributed by atoms with Gasteiger partial charge in [-0.1, -0.05) is 0 Å². The predicted octanol–water partition coefficient (Wildman–Crippen LogP) is -1.25. The summed E-state index contributed by atoms with van der Waals surface area (Å²) in [7, 11) is 0. The Bertz CT molecular complexity index is 243. The number of carboxylic acid groups (broad SMARTS) is 3. The SMILES string of the molecule is CCO.O=C(O)CC(O)(CC(=O)O)C(=O)O. The van der Waals surface area contributed by atoms with E-state index in [1.807, 2.05) is 0 Å². The highest BCUT2D eigenvalue weighted by Crippen LogP contribution is 2.15. The number of carbonyl (C=O) groups is 3. The van der Waals surface area contributed by atoms with Crippen LogP contribution in [0.2, 0.25) is 0 Å². The second kappa shape index (κ2) is 7.60. The fourth-order valence-corrected chi connectivity index (χ4v) is 0.714. The van der Waals surface area contributed by atoms with Gasteiger partial charge in [0.15, 0.2) is 5.60 Å². The Balaban J connectivity index is 0. The molecule has 0 aliphatic carbocycles. The highest BCUT2D eigenvalue weighted by molar-refractivity contribution is 5.88. The number of aliphatic hydroxyl groups is 2. The van der Waals surface area contributed by atoms with Crippen molar-refractivity contribution in [3.05, 3.63) is 0 Å². The van der Waals surface area contributed by atoms with Gasteiger partial charge in [-0.05, 0) is 6.92 Å². The zero-order chi connectivity index (χ0) is 13.4. The van der Waals surface area contributed by atoms with Gasteiger partial charge in [0.25, 0.3) is 0 Å². The maximum absolute atomic E-state index is 10.3. The van der Waals surface area contributed by atoms with E-state index in [-0.39, 0.29) is 6.61 Å². The lowest BCUT2D eigenvalue weighted by Gasteiger charge is -2.18. The quantitative estimate of drug-likeness (QED) is 0.398. The van der Waals surface area contributed by atoms with E-state index in [2.05, 4.69) is 0 Å². The van der Waals surface area contributed by atoms with Crippen molar-refractivity contribution in [2.45, 2.75) is 25.4 Å². The third kappa shape index (κ3) is 7.71. The first-order chi connectivity index (χ1) is 7.19. The van der Waals surface area contributed by atoms with E-state index in [9.17, 15) is 14.4 Å². The van der Waals surface area contributed by atoms with Crippen LogP contribution in [0.15, 0.2) is 0 Å². The van der Waals surface area contributed by atoms with Crippen molar-refractivity contribution >= 4 is 17.9 Å². The van der Waals surface area contributed by atoms with Crippen LogP contribution in [-0.4, -0.2) is 55.6 Å². The average molecular weight is 238 g/mol. The van der Waals surface area contributed by atoms with Crippen LogP contribution < -0.4 is 0 Å². The molecule has 0 atom stereocenters. The van der Waals surface area contributed by atoms with Crippen molar-refractivity contribution in [1.29, 1.82) is 0 Å². The molecule has 0 bridgehead atoms. The lowest BCUT2D eigenvalue weighted by atomic mass is 9.96. The van der Waals surface area contributed by atoms with Crippen LogP contribution in [0.25, 0.3) is 0 Å². The summed E-state index contributed by atoms with van der Waals surface area (Å²) in [5, 5.41) is 41.4. The van der Waals surface area contributed by atoms with E-state index in [0.717, 1.165) is 0 Å². The van der Waals surface area contributed by atoms with Crippen LogP contribution in [0.1, 0.15) is 19.8 Å². The van der Waals surface area contributed by atoms with E-state index < -0.39 is 36.4 Å². The van der Waals surface area contributed by atoms with Gasteiger partial charge >= 0.3 is 17.9 Å². The number of carboxylic acids is 3. The molecule has 0 rings (SSSR count). The highest BCUT2D eigenvalue weighted by Gasteiger charge is 2.40. The molecule has 0 aliphatic rings. The third-order valence-corrected chi connectivity index (χ3v) is 1.29. The van der Waals surface area contributed by atoms with Gasteiger partial charge in [0, 0.05) is 6.61 Å². The monoisotopic (exact) mass is 238 g/mol. The number of rotatable bonds is 5. The summed E-state index contributed by atoms with van der Waals surface area (Å²) >= 11 is 0. The van der Waals surface area contributed by atoms with Crippen LogP contribution in [0, 0.1) is 0 Å². The molecular weight excluding hydrogens is 224 g/mol. The first-order valence-corrected chi connectivity index (χ1v) is 4.19. The molecule has 16 heavy (non-hydrogen) atoms. The van der Waals surface area contributed by atoms with Crippen molar-refractivity contribution in [2.75, 3.05) is 6.61 Å². The maximum Gasteiger partial charge on any atom is 0.336 e. The van der Waals surface area contributed by atoms with Gasteiger partial charge in [0.05, 0.1) is 12.8 Å². The standard InChI is InChI=1S/C6H8O7.C2H6O/c7-3(8)1-6(13,5(11)12)2-4(9)10;1-2-3/h13H,1-2H2,(H,7,8)(H,9,10)(H,11,12);3H,2H2,1H3. The number of aliphatic carboxylic acids is 3. The predicted molar refractivity (Wildman–Crippen MR) is 49.9 cm³/mol. The maximum atomic E-state index is 10.3. The summed E-state index contributed by atoms with van der Waals surface area (Å²) in [5.74, 6) is -5.02. The Morgan fingerprint density at radius 2 is 1.25 bits per heavy atom. The Labute approximate surface area is 90.8 Å². The molecule has 5 N–H and O–H groups in total. The Morgan fingerprint density at radius 3 is 1.38 bits per heavy atom. The summed E-state index contributed by atoms with van der Waals surface area (Å²) in [5.41, 5.74) is -2.74. The van der Waals surface area contributed by atoms with Gasteiger partial charge in [-0.3, -0.25) is 9.59 Å². The van der Waals surface area contributed by atoms with Crippen LogP contribution in [-0.2, 0) is 14.4 Å². The van der Waals surface area contributed by atoms with Crippen LogP contribution >= 0.6 is 0 Å². The molecule has 0 amide bonds. The van der Waals surface area contributed by atoms with E-state index in [1.165, 1.54) is 0 Å². The zero-order valence-corrected chi connectivity index (χ0v) is 8.58. The van der Waals surface area contributed by atoms with Crippen molar-refractivity contribution in [3.8, 4) is 0 Å². The molecule has 8 nitrogen and oxygen atoms in total. The van der Waals surface area contributed by atoms with Gasteiger partial charge in [0.1, 0.15) is 0 Å². The Morgan fingerprint density at radius 1 is 1.00 bits per heavy atom. The molecule has 0 unspecified atom stereocenters. The first-order valence-electron chi connectivity index (χ1n) is 4.19. The normalized spacial score (nSPS) is 9.94. The molecule has 0 aliphatic heterocycles. The van der Waals surface area contributed by atoms with E-state index in [1.54, 1.807) is 6.92 Å². The smallest absolute Gasteiger partial charge is 0.336 e. The second-order valence-corrected chi connectivity index (χ2v) is 2.79. The van der Waals surface area contributed by atoms with E-state index >= 15 is 0 Å². The van der Waals surface area contributed by atoms with Crippen molar-refractivity contribution in [2.24, 2.45) is 0 Å². The van der Waals surface area contributed by atoms with Crippen LogP contribution in [0.5, 0.6) is 0 Å². The Hall–Kier alpha value is -1.67. The fourth-order valence-electron chi connectivity index (χ4n) is 0.714. The molecule has 0 saturated heterocycles. The summed E-state index contributed by atoms with van der Waals surface area (Å²) in [6, 6.07) is 0. The highest BCUT2D eigenvalue weighted by atomic mass is 16.4. The van der Waals surface area contributed by atoms with Gasteiger partial charge in [-0.15, -0.1) is 0 Å². The topological polar surface area (TPSA) is 152 Å². The van der Waals surface area contributed by atoms with E-state index in [4.69, 9.17) is 25.5 Å². The van der Waals surface area contributed by atoms with Crippen molar-refractivity contribution < 1.29 is 39.9 Å². The van der Waals surface area contributed by atoms with Gasteiger partial charge in [0.2, 0.25) is 0 Å². The van der Waals surface area contributed by atoms with Gasteiger partial charge in [-0.25, -0.2) is 4.79 Å². The summed E-state index contributed by atoms with van der Waals surface area (Å²) < 4.78 is 0. The lowest BCUT2D eigenvalue weighted by molar-refractivity contribution is -0.170. The summed E-state index contributed by atoms with van der Waals surface area (Å²) in [6.45, 7) is 1.93. The molecule has 8 heteroatoms. The summed E-state index contributed by atoms with van der Waals surface area (Å²) in [4.78, 5) is 30.5. The molecule has 0 aromatic carbocycles. The lowest BCUT2D eigenvalue weighted by Crippen LogP contribution is -2.42. The zero-order valence-electron chi connectivity index (χ0n) is 8.58. The number of hydrogen-bond acceptors (Lipinski definition) is 5. The second-order valence-electron chi connectivity index (χ2n) is 2.79. The minimum atomic E-state index is -2.74. The van der Waals surface area contributed by atoms with Crippen LogP contribution in [0.4, 0.5) is 0 Å². The molecular formula is C8H14O8. The van der Waals surface area contributed by atoms with E-state index in [0.29, 0.717) is 0 Å². The van der Waals surface area contributed by atoms with Gasteiger partial charge < -0.3 is 25.5 Å². The van der Waals surface area contributed by atoms with Crippen molar-refractivity contribution in [1.82, 2.24) is 0 Å². The fraction of sp³-hybridized carbons (Fsp3) is 0.625. The average Bonchev–Trinajstić information content (AvgIpc) is 2.01. The van der Waals surface area contributed by atoms with Crippen molar-refractivity contribution in [3.63, 3.8) is 0 Å². The molecule has 0 saturated carbocycles. The summed E-state index contributed by atoms with van der Waals surface area (Å²) in [6.07, 6.45) is -2.29. The molecule has 0 fully saturated rings. The molecule has 0 heterocycles.